The fraction of sp³-hybridized carbons (Fsp3) is 0.462. The Morgan fingerprint density at radius 2 is 1.95 bits per heavy atom. The third kappa shape index (κ3) is 3.13. The Morgan fingerprint density at radius 3 is 2.47 bits per heavy atom. The van der Waals surface area contributed by atoms with Crippen LogP contribution in [0.5, 0.6) is 0 Å². The molecule has 0 aliphatic heterocycles. The van der Waals surface area contributed by atoms with Crippen molar-refractivity contribution in [1.82, 2.24) is 4.72 Å². The molecule has 0 bridgehead atoms. The van der Waals surface area contributed by atoms with Crippen LogP contribution in [-0.2, 0) is 10.0 Å². The van der Waals surface area contributed by atoms with Crippen molar-refractivity contribution >= 4 is 27.2 Å². The lowest BCUT2D eigenvalue weighted by molar-refractivity contribution is 0.400. The summed E-state index contributed by atoms with van der Waals surface area (Å²) < 4.78 is 27.7. The Labute approximate surface area is 119 Å². The van der Waals surface area contributed by atoms with Gasteiger partial charge in [-0.15, -0.1) is 0 Å². The topological polar surface area (TPSA) is 72.2 Å². The summed E-state index contributed by atoms with van der Waals surface area (Å²) in [6.07, 6.45) is 2.12. The molecule has 3 N–H and O–H groups in total. The molecule has 0 atom stereocenters. The summed E-state index contributed by atoms with van der Waals surface area (Å²) in [5.41, 5.74) is 5.53. The summed E-state index contributed by atoms with van der Waals surface area (Å²) in [7, 11) is -3.62. The Bertz CT molecular complexity index is 605. The first-order valence-electron chi connectivity index (χ1n) is 6.17. The van der Waals surface area contributed by atoms with Crippen LogP contribution in [0.2, 0.25) is 0 Å². The lowest BCUT2D eigenvalue weighted by Gasteiger charge is -2.26. The molecule has 2 rings (SSSR count). The third-order valence-corrected chi connectivity index (χ3v) is 5.39. The van der Waals surface area contributed by atoms with Crippen molar-refractivity contribution in [3.05, 3.63) is 29.8 Å². The predicted octanol–water partition coefficient (Wildman–Crippen LogP) is 1.79. The van der Waals surface area contributed by atoms with E-state index in [-0.39, 0.29) is 9.88 Å². The van der Waals surface area contributed by atoms with Crippen LogP contribution >= 0.6 is 12.2 Å². The molecule has 1 aromatic rings. The number of nitrogens with two attached hydrogens (primary N) is 1. The minimum atomic E-state index is -3.62. The molecule has 0 heterocycles. The molecule has 1 aliphatic rings. The summed E-state index contributed by atoms with van der Waals surface area (Å²) >= 11 is 4.91. The Kier molecular flexibility index (Phi) is 3.68. The Hall–Kier alpha value is -0.980. The molecular formula is C13H18N2O2S2. The van der Waals surface area contributed by atoms with E-state index in [1.165, 1.54) is 6.07 Å². The summed E-state index contributed by atoms with van der Waals surface area (Å²) in [4.78, 5) is 0.237. The first kappa shape index (κ1) is 14.4. The van der Waals surface area contributed by atoms with Gasteiger partial charge in [-0.2, -0.15) is 0 Å². The van der Waals surface area contributed by atoms with Gasteiger partial charge in [0.2, 0.25) is 10.0 Å². The molecule has 1 aromatic carbocycles. The van der Waals surface area contributed by atoms with Gasteiger partial charge in [-0.1, -0.05) is 30.4 Å². The zero-order valence-electron chi connectivity index (χ0n) is 11.0. The smallest absolute Gasteiger partial charge is 0.241 e. The van der Waals surface area contributed by atoms with E-state index in [0.29, 0.717) is 11.5 Å². The molecule has 104 valence electrons. The fourth-order valence-electron chi connectivity index (χ4n) is 2.19. The van der Waals surface area contributed by atoms with Crippen molar-refractivity contribution in [2.24, 2.45) is 11.7 Å². The molecule has 19 heavy (non-hydrogen) atoms. The van der Waals surface area contributed by atoms with Gasteiger partial charge >= 0.3 is 0 Å². The van der Waals surface area contributed by atoms with Gasteiger partial charge in [-0.05, 0) is 38.7 Å². The van der Waals surface area contributed by atoms with E-state index in [9.17, 15) is 8.42 Å². The maximum absolute atomic E-state index is 12.5. The van der Waals surface area contributed by atoms with Gasteiger partial charge in [0.05, 0.1) is 4.90 Å². The molecule has 0 unspecified atom stereocenters. The number of benzene rings is 1. The van der Waals surface area contributed by atoms with Crippen molar-refractivity contribution in [1.29, 1.82) is 0 Å². The summed E-state index contributed by atoms with van der Waals surface area (Å²) in [6, 6.07) is 6.54. The van der Waals surface area contributed by atoms with Crippen LogP contribution in [0.25, 0.3) is 0 Å². The van der Waals surface area contributed by atoms with Crippen LogP contribution in [0.1, 0.15) is 32.3 Å². The average molecular weight is 298 g/mol. The number of hydrogen-bond donors (Lipinski definition) is 2. The molecule has 4 nitrogen and oxygen atoms in total. The minimum Gasteiger partial charge on any atom is -0.389 e. The van der Waals surface area contributed by atoms with E-state index in [1.807, 2.05) is 13.8 Å². The van der Waals surface area contributed by atoms with Crippen molar-refractivity contribution < 1.29 is 8.42 Å². The van der Waals surface area contributed by atoms with Crippen LogP contribution < -0.4 is 10.5 Å². The zero-order chi connectivity index (χ0) is 14.3. The summed E-state index contributed by atoms with van der Waals surface area (Å²) in [5, 5.41) is 0. The molecule has 0 radical (unpaired) electrons. The van der Waals surface area contributed by atoms with Gasteiger partial charge < -0.3 is 5.73 Å². The molecular weight excluding hydrogens is 280 g/mol. The Morgan fingerprint density at radius 1 is 1.37 bits per heavy atom. The van der Waals surface area contributed by atoms with Crippen LogP contribution in [0.4, 0.5) is 0 Å². The van der Waals surface area contributed by atoms with Crippen molar-refractivity contribution in [3.8, 4) is 0 Å². The molecule has 0 amide bonds. The summed E-state index contributed by atoms with van der Waals surface area (Å²) in [5.74, 6) is 0.402. The van der Waals surface area contributed by atoms with Gasteiger partial charge in [0, 0.05) is 11.1 Å². The molecule has 1 aliphatic carbocycles. The highest BCUT2D eigenvalue weighted by Gasteiger charge is 2.41. The molecule has 1 fully saturated rings. The average Bonchev–Trinajstić information content (AvgIpc) is 3.11. The number of thiocarbonyl (C=S) groups is 1. The lowest BCUT2D eigenvalue weighted by Crippen LogP contribution is -2.45. The van der Waals surface area contributed by atoms with Crippen LogP contribution in [0.15, 0.2) is 29.2 Å². The normalized spacial score (nSPS) is 16.3. The SMILES string of the molecule is CC(C)(NS(=O)(=O)c1ccccc1C(N)=S)C1CC1. The van der Waals surface area contributed by atoms with E-state index in [2.05, 4.69) is 4.72 Å². The maximum atomic E-state index is 12.5. The standard InChI is InChI=1S/C13H18N2O2S2/c1-13(2,9-7-8-9)15-19(16,17)11-6-4-3-5-10(11)12(14)18/h3-6,9,15H,7-8H2,1-2H3,(H2,14,18). The second kappa shape index (κ2) is 4.85. The van der Waals surface area contributed by atoms with Gasteiger partial charge in [0.15, 0.2) is 0 Å². The zero-order valence-corrected chi connectivity index (χ0v) is 12.6. The molecule has 0 aromatic heterocycles. The molecule has 0 saturated heterocycles. The highest BCUT2D eigenvalue weighted by molar-refractivity contribution is 7.89. The third-order valence-electron chi connectivity index (χ3n) is 3.44. The lowest BCUT2D eigenvalue weighted by atomic mass is 10.0. The number of nitrogens with one attached hydrogen (secondary N) is 1. The van der Waals surface area contributed by atoms with Crippen LogP contribution in [0, 0.1) is 5.92 Å². The van der Waals surface area contributed by atoms with Crippen LogP contribution in [0.3, 0.4) is 0 Å². The largest absolute Gasteiger partial charge is 0.389 e. The number of sulfonamides is 1. The van der Waals surface area contributed by atoms with Crippen molar-refractivity contribution in [2.75, 3.05) is 0 Å². The van der Waals surface area contributed by atoms with E-state index in [0.717, 1.165) is 12.8 Å². The molecule has 1 saturated carbocycles. The van der Waals surface area contributed by atoms with Gasteiger partial charge in [0.1, 0.15) is 4.99 Å². The van der Waals surface area contributed by atoms with Gasteiger partial charge in [-0.3, -0.25) is 0 Å². The second-order valence-electron chi connectivity index (χ2n) is 5.46. The molecule has 0 spiro atoms. The number of hydrogen-bond acceptors (Lipinski definition) is 3. The van der Waals surface area contributed by atoms with E-state index < -0.39 is 15.6 Å². The van der Waals surface area contributed by atoms with Crippen LogP contribution in [-0.4, -0.2) is 18.9 Å². The van der Waals surface area contributed by atoms with E-state index >= 15 is 0 Å². The van der Waals surface area contributed by atoms with Crippen molar-refractivity contribution in [2.45, 2.75) is 37.1 Å². The maximum Gasteiger partial charge on any atom is 0.241 e. The minimum absolute atomic E-state index is 0.0882. The second-order valence-corrected chi connectivity index (χ2v) is 7.55. The number of rotatable bonds is 5. The summed E-state index contributed by atoms with van der Waals surface area (Å²) in [6.45, 7) is 3.82. The van der Waals surface area contributed by atoms with Gasteiger partial charge in [0.25, 0.3) is 0 Å². The first-order valence-corrected chi connectivity index (χ1v) is 8.06. The van der Waals surface area contributed by atoms with E-state index in [1.54, 1.807) is 18.2 Å². The molecule has 6 heteroatoms. The highest BCUT2D eigenvalue weighted by Crippen LogP contribution is 2.40. The van der Waals surface area contributed by atoms with E-state index in [4.69, 9.17) is 18.0 Å². The quantitative estimate of drug-likeness (QED) is 0.813. The highest BCUT2D eigenvalue weighted by atomic mass is 32.2. The predicted molar refractivity (Wildman–Crippen MR) is 79.5 cm³/mol. The monoisotopic (exact) mass is 298 g/mol. The van der Waals surface area contributed by atoms with Crippen molar-refractivity contribution in [3.63, 3.8) is 0 Å². The fourth-order valence-corrected chi connectivity index (χ4v) is 4.13. The van der Waals surface area contributed by atoms with Gasteiger partial charge in [-0.25, -0.2) is 13.1 Å². The Balaban J connectivity index is 2.37. The first-order chi connectivity index (χ1) is 8.74.